The second-order valence-electron chi connectivity index (χ2n) is 4.22. The molecule has 16 heavy (non-hydrogen) atoms. The summed E-state index contributed by atoms with van der Waals surface area (Å²) >= 11 is 0. The number of carbonyl (C=O) groups is 2. The first-order valence-electron chi connectivity index (χ1n) is 5.83. The summed E-state index contributed by atoms with van der Waals surface area (Å²) in [6.07, 6.45) is 1.54. The van der Waals surface area contributed by atoms with Crippen LogP contribution in [0.5, 0.6) is 0 Å². The maximum absolute atomic E-state index is 11.2. The number of nitrogens with one attached hydrogen (secondary N) is 2. The fourth-order valence-corrected chi connectivity index (χ4v) is 1.98. The van der Waals surface area contributed by atoms with Gasteiger partial charge in [0.05, 0.1) is 18.6 Å². The monoisotopic (exact) mass is 228 g/mol. The van der Waals surface area contributed by atoms with Crippen molar-refractivity contribution in [3.05, 3.63) is 0 Å². The molecule has 1 fully saturated rings. The van der Waals surface area contributed by atoms with Crippen molar-refractivity contribution in [2.45, 2.75) is 45.3 Å². The Morgan fingerprint density at radius 3 is 2.50 bits per heavy atom. The molecule has 0 bridgehead atoms. The Bertz CT molecular complexity index is 264. The molecule has 5 heteroatoms. The first-order valence-corrected chi connectivity index (χ1v) is 5.83. The lowest BCUT2D eigenvalue weighted by molar-refractivity contribution is -0.125. The molecule has 3 N–H and O–H groups in total. The van der Waals surface area contributed by atoms with Crippen LogP contribution in [0.1, 0.15) is 33.1 Å². The summed E-state index contributed by atoms with van der Waals surface area (Å²) in [6, 6.07) is -0.475. The largest absolute Gasteiger partial charge is 0.392 e. The van der Waals surface area contributed by atoms with Gasteiger partial charge in [-0.3, -0.25) is 14.9 Å². The Balaban J connectivity index is 2.34. The lowest BCUT2D eigenvalue weighted by Crippen LogP contribution is -2.42. The average Bonchev–Trinajstić information content (AvgIpc) is 2.56. The number of hydrogen-bond donors (Lipinski definition) is 3. The van der Waals surface area contributed by atoms with E-state index in [1.165, 1.54) is 0 Å². The molecule has 0 aromatic heterocycles. The minimum atomic E-state index is -0.475. The summed E-state index contributed by atoms with van der Waals surface area (Å²) in [7, 11) is 0. The average molecular weight is 228 g/mol. The van der Waals surface area contributed by atoms with Gasteiger partial charge in [0.15, 0.2) is 0 Å². The first-order chi connectivity index (χ1) is 7.58. The van der Waals surface area contributed by atoms with Crippen LogP contribution in [0.4, 0.5) is 0 Å². The molecule has 1 aliphatic rings. The quantitative estimate of drug-likeness (QED) is 0.550. The fraction of sp³-hybridized carbons (Fsp3) is 0.818. The predicted octanol–water partition coefficient (Wildman–Crippen LogP) is -0.212. The zero-order chi connectivity index (χ0) is 12.1. The molecular weight excluding hydrogens is 208 g/mol. The van der Waals surface area contributed by atoms with Crippen molar-refractivity contribution in [3.8, 4) is 0 Å². The minimum absolute atomic E-state index is 0.175. The molecule has 0 saturated carbocycles. The first kappa shape index (κ1) is 13.1. The van der Waals surface area contributed by atoms with Gasteiger partial charge in [-0.15, -0.1) is 0 Å². The van der Waals surface area contributed by atoms with Crippen molar-refractivity contribution in [3.63, 3.8) is 0 Å². The van der Waals surface area contributed by atoms with E-state index in [9.17, 15) is 14.7 Å². The molecular formula is C11H20N2O3. The molecule has 1 saturated heterocycles. The minimum Gasteiger partial charge on any atom is -0.392 e. The van der Waals surface area contributed by atoms with Gasteiger partial charge in [-0.05, 0) is 5.92 Å². The van der Waals surface area contributed by atoms with Crippen LogP contribution in [-0.2, 0) is 9.59 Å². The predicted molar refractivity (Wildman–Crippen MR) is 59.6 cm³/mol. The molecule has 1 heterocycles. The number of amides is 2. The lowest BCUT2D eigenvalue weighted by atomic mass is 9.96. The van der Waals surface area contributed by atoms with Gasteiger partial charge in [-0.25, -0.2) is 0 Å². The summed E-state index contributed by atoms with van der Waals surface area (Å²) in [6.45, 7) is 4.42. The van der Waals surface area contributed by atoms with Crippen molar-refractivity contribution in [1.82, 2.24) is 10.6 Å². The van der Waals surface area contributed by atoms with E-state index in [1.807, 2.05) is 13.8 Å². The van der Waals surface area contributed by atoms with E-state index in [-0.39, 0.29) is 24.2 Å². The Kier molecular flexibility index (Phi) is 4.89. The third-order valence-electron chi connectivity index (χ3n) is 3.13. The van der Waals surface area contributed by atoms with E-state index >= 15 is 0 Å². The number of imide groups is 1. The molecule has 2 amide bonds. The maximum atomic E-state index is 11.2. The van der Waals surface area contributed by atoms with Gasteiger partial charge >= 0.3 is 0 Å². The smallest absolute Gasteiger partial charge is 0.244 e. The summed E-state index contributed by atoms with van der Waals surface area (Å²) in [5, 5.41) is 15.0. The number of rotatable bonds is 6. The van der Waals surface area contributed by atoms with Crippen LogP contribution in [0.25, 0.3) is 0 Å². The summed E-state index contributed by atoms with van der Waals surface area (Å²) in [4.78, 5) is 22.2. The van der Waals surface area contributed by atoms with Gasteiger partial charge in [0.2, 0.25) is 11.8 Å². The molecule has 0 spiro atoms. The van der Waals surface area contributed by atoms with Crippen molar-refractivity contribution in [2.24, 2.45) is 5.92 Å². The SMILES string of the molecule is CCC(CC)C(O)CNC1CC(=O)NC1=O. The van der Waals surface area contributed by atoms with Crippen molar-refractivity contribution >= 4 is 11.8 Å². The van der Waals surface area contributed by atoms with E-state index in [4.69, 9.17) is 0 Å². The molecule has 2 atom stereocenters. The Labute approximate surface area is 95.6 Å². The highest BCUT2D eigenvalue weighted by Crippen LogP contribution is 2.13. The van der Waals surface area contributed by atoms with E-state index in [0.717, 1.165) is 12.8 Å². The normalized spacial score (nSPS) is 22.6. The molecule has 0 aromatic carbocycles. The fourth-order valence-electron chi connectivity index (χ4n) is 1.98. The second-order valence-corrected chi connectivity index (χ2v) is 4.22. The van der Waals surface area contributed by atoms with E-state index in [0.29, 0.717) is 6.54 Å². The van der Waals surface area contributed by atoms with Crippen LogP contribution < -0.4 is 10.6 Å². The van der Waals surface area contributed by atoms with Crippen LogP contribution in [0.2, 0.25) is 0 Å². The van der Waals surface area contributed by atoms with Gasteiger partial charge in [0.25, 0.3) is 0 Å². The Morgan fingerprint density at radius 1 is 1.44 bits per heavy atom. The zero-order valence-corrected chi connectivity index (χ0v) is 9.82. The van der Waals surface area contributed by atoms with Crippen molar-refractivity contribution in [2.75, 3.05) is 6.54 Å². The van der Waals surface area contributed by atoms with Crippen LogP contribution >= 0.6 is 0 Å². The molecule has 5 nitrogen and oxygen atoms in total. The highest BCUT2D eigenvalue weighted by Gasteiger charge is 2.30. The van der Waals surface area contributed by atoms with Crippen molar-refractivity contribution < 1.29 is 14.7 Å². The van der Waals surface area contributed by atoms with Gasteiger partial charge in [0, 0.05) is 6.54 Å². The van der Waals surface area contributed by atoms with Gasteiger partial charge in [0.1, 0.15) is 0 Å². The number of carbonyl (C=O) groups excluding carboxylic acids is 2. The second kappa shape index (κ2) is 5.96. The van der Waals surface area contributed by atoms with Crippen LogP contribution in [0, 0.1) is 5.92 Å². The van der Waals surface area contributed by atoms with Gasteiger partial charge < -0.3 is 10.4 Å². The highest BCUT2D eigenvalue weighted by molar-refractivity contribution is 6.05. The number of aliphatic hydroxyl groups is 1. The molecule has 92 valence electrons. The molecule has 0 radical (unpaired) electrons. The third kappa shape index (κ3) is 3.28. The standard InChI is InChI=1S/C11H20N2O3/c1-3-7(4-2)9(14)6-12-8-5-10(15)13-11(8)16/h7-9,12,14H,3-6H2,1-2H3,(H,13,15,16). The van der Waals surface area contributed by atoms with Crippen molar-refractivity contribution in [1.29, 1.82) is 0 Å². The van der Waals surface area contributed by atoms with Crippen LogP contribution in [-0.4, -0.2) is 35.6 Å². The molecule has 0 aromatic rings. The highest BCUT2D eigenvalue weighted by atomic mass is 16.3. The molecule has 1 aliphatic heterocycles. The molecule has 0 aliphatic carbocycles. The Morgan fingerprint density at radius 2 is 2.06 bits per heavy atom. The summed E-state index contributed by atoms with van der Waals surface area (Å²) in [5.74, 6) is -0.297. The van der Waals surface area contributed by atoms with Gasteiger partial charge in [-0.1, -0.05) is 26.7 Å². The van der Waals surface area contributed by atoms with E-state index < -0.39 is 12.1 Å². The maximum Gasteiger partial charge on any atom is 0.244 e. The number of hydrogen-bond acceptors (Lipinski definition) is 4. The molecule has 2 unspecified atom stereocenters. The number of aliphatic hydroxyl groups excluding tert-OH is 1. The van der Waals surface area contributed by atoms with E-state index in [1.54, 1.807) is 0 Å². The van der Waals surface area contributed by atoms with E-state index in [2.05, 4.69) is 10.6 Å². The van der Waals surface area contributed by atoms with Crippen LogP contribution in [0.15, 0.2) is 0 Å². The summed E-state index contributed by atoms with van der Waals surface area (Å²) < 4.78 is 0. The summed E-state index contributed by atoms with van der Waals surface area (Å²) in [5.41, 5.74) is 0. The Hall–Kier alpha value is -0.940. The van der Waals surface area contributed by atoms with Crippen LogP contribution in [0.3, 0.4) is 0 Å². The third-order valence-corrected chi connectivity index (χ3v) is 3.13. The molecule has 1 rings (SSSR count). The zero-order valence-electron chi connectivity index (χ0n) is 9.82. The topological polar surface area (TPSA) is 78.4 Å². The lowest BCUT2D eigenvalue weighted by Gasteiger charge is -2.21. The van der Waals surface area contributed by atoms with Gasteiger partial charge in [-0.2, -0.15) is 0 Å².